The van der Waals surface area contributed by atoms with Gasteiger partial charge in [-0.25, -0.2) is 0 Å². The molecule has 0 radical (unpaired) electrons. The van der Waals surface area contributed by atoms with Gasteiger partial charge in [0.05, 0.1) is 5.54 Å². The summed E-state index contributed by atoms with van der Waals surface area (Å²) < 4.78 is 0. The minimum absolute atomic E-state index is 0.0221. The van der Waals surface area contributed by atoms with Crippen LogP contribution < -0.4 is 0 Å². The fourth-order valence-corrected chi connectivity index (χ4v) is 3.68. The Labute approximate surface area is 134 Å². The Morgan fingerprint density at radius 3 is 2.27 bits per heavy atom. The van der Waals surface area contributed by atoms with Gasteiger partial charge in [-0.15, -0.1) is 0 Å². The first kappa shape index (κ1) is 17.2. The number of ketones is 1. The van der Waals surface area contributed by atoms with Crippen molar-refractivity contribution in [2.45, 2.75) is 77.5 Å². The maximum Gasteiger partial charge on any atom is 0.136 e. The summed E-state index contributed by atoms with van der Waals surface area (Å²) in [6.45, 7) is 10.6. The molecule has 1 unspecified atom stereocenters. The Balaban J connectivity index is 2.29. The van der Waals surface area contributed by atoms with Crippen LogP contribution in [0.3, 0.4) is 0 Å². The van der Waals surface area contributed by atoms with Crippen LogP contribution in [0.15, 0.2) is 30.3 Å². The number of carbonyl (C=O) groups is 1. The molecule has 0 bridgehead atoms. The van der Waals surface area contributed by atoms with Gasteiger partial charge < -0.3 is 0 Å². The smallest absolute Gasteiger partial charge is 0.136 e. The summed E-state index contributed by atoms with van der Waals surface area (Å²) in [7, 11) is 0. The Kier molecular flexibility index (Phi) is 5.08. The normalized spacial score (nSPS) is 22.5. The lowest BCUT2D eigenvalue weighted by molar-refractivity contribution is -0.307. The van der Waals surface area contributed by atoms with Crippen molar-refractivity contribution < 1.29 is 9.63 Å². The highest BCUT2D eigenvalue weighted by Crippen LogP contribution is 2.42. The molecule has 3 nitrogen and oxygen atoms in total. The van der Waals surface area contributed by atoms with E-state index in [0.717, 1.165) is 18.4 Å². The van der Waals surface area contributed by atoms with E-state index < -0.39 is 0 Å². The van der Waals surface area contributed by atoms with E-state index in [1.54, 1.807) is 0 Å². The zero-order chi connectivity index (χ0) is 16.4. The number of hydrogen-bond donors (Lipinski definition) is 0. The molecule has 1 aliphatic heterocycles. The lowest BCUT2D eigenvalue weighted by atomic mass is 9.76. The van der Waals surface area contributed by atoms with E-state index in [-0.39, 0.29) is 17.2 Å². The first-order valence-electron chi connectivity index (χ1n) is 8.38. The predicted octanol–water partition coefficient (Wildman–Crippen LogP) is 4.68. The molecule has 0 saturated carbocycles. The predicted molar refractivity (Wildman–Crippen MR) is 89.4 cm³/mol. The second kappa shape index (κ2) is 6.51. The summed E-state index contributed by atoms with van der Waals surface area (Å²) in [4.78, 5) is 18.7. The van der Waals surface area contributed by atoms with Crippen LogP contribution in [0.1, 0.15) is 72.0 Å². The molecule has 1 heterocycles. The summed E-state index contributed by atoms with van der Waals surface area (Å²) in [6.07, 6.45) is 2.95. The molecule has 0 spiro atoms. The van der Waals surface area contributed by atoms with Crippen LogP contribution >= 0.6 is 0 Å². The van der Waals surface area contributed by atoms with Crippen LogP contribution in [-0.2, 0) is 9.63 Å². The van der Waals surface area contributed by atoms with E-state index in [1.165, 1.54) is 0 Å². The van der Waals surface area contributed by atoms with Gasteiger partial charge in [0.1, 0.15) is 11.9 Å². The first-order valence-corrected chi connectivity index (χ1v) is 8.38. The number of carbonyl (C=O) groups excluding carboxylic acids is 1. The molecule has 0 aliphatic carbocycles. The van der Waals surface area contributed by atoms with E-state index in [4.69, 9.17) is 4.84 Å². The molecule has 1 aliphatic rings. The van der Waals surface area contributed by atoms with Gasteiger partial charge in [0, 0.05) is 18.4 Å². The summed E-state index contributed by atoms with van der Waals surface area (Å²) in [5.74, 6) is 0.348. The van der Waals surface area contributed by atoms with Crippen molar-refractivity contribution in [1.29, 1.82) is 0 Å². The van der Waals surface area contributed by atoms with E-state index in [2.05, 4.69) is 51.8 Å². The molecule has 1 aromatic rings. The van der Waals surface area contributed by atoms with Crippen LogP contribution in [0.5, 0.6) is 0 Å². The minimum Gasteiger partial charge on any atom is -0.300 e. The van der Waals surface area contributed by atoms with Crippen molar-refractivity contribution in [2.24, 2.45) is 0 Å². The van der Waals surface area contributed by atoms with Gasteiger partial charge in [-0.3, -0.25) is 9.63 Å². The topological polar surface area (TPSA) is 29.5 Å². The Bertz CT molecular complexity index is 505. The highest BCUT2D eigenvalue weighted by atomic mass is 16.7. The molecule has 22 heavy (non-hydrogen) atoms. The average molecular weight is 303 g/mol. The summed E-state index contributed by atoms with van der Waals surface area (Å²) >= 11 is 0. The van der Waals surface area contributed by atoms with Gasteiger partial charge in [-0.05, 0) is 39.2 Å². The maximum absolute atomic E-state index is 12.2. The van der Waals surface area contributed by atoms with Gasteiger partial charge in [0.15, 0.2) is 0 Å². The fourth-order valence-electron chi connectivity index (χ4n) is 3.68. The second-order valence-electron chi connectivity index (χ2n) is 7.09. The number of nitrogens with zero attached hydrogens (tertiary/aromatic N) is 1. The van der Waals surface area contributed by atoms with Gasteiger partial charge in [-0.1, -0.05) is 44.2 Å². The number of hydrogen-bond acceptors (Lipinski definition) is 3. The lowest BCUT2D eigenvalue weighted by Crippen LogP contribution is -2.63. The van der Waals surface area contributed by atoms with Crippen molar-refractivity contribution in [2.75, 3.05) is 0 Å². The second-order valence-corrected chi connectivity index (χ2v) is 7.09. The molecule has 0 amide bonds. The van der Waals surface area contributed by atoms with Crippen LogP contribution in [0, 0.1) is 0 Å². The molecule has 3 heteroatoms. The number of rotatable bonds is 5. The molecule has 1 aromatic carbocycles. The Morgan fingerprint density at radius 2 is 1.73 bits per heavy atom. The monoisotopic (exact) mass is 303 g/mol. The van der Waals surface area contributed by atoms with E-state index in [9.17, 15) is 4.79 Å². The van der Waals surface area contributed by atoms with Crippen LogP contribution in [-0.4, -0.2) is 21.9 Å². The molecular formula is C19H29NO2. The first-order chi connectivity index (χ1) is 10.3. The number of Topliss-reactive ketones (excluding diaryl/α,β-unsaturated/α-hetero) is 1. The standard InChI is InChI=1S/C19H29NO2/c1-6-19(7-2)14-17(21)13-18(4,5)20(19)22-15(3)16-11-9-8-10-12-16/h8-12,15H,6-7,13-14H2,1-5H3. The number of hydroxylamine groups is 2. The van der Waals surface area contributed by atoms with Gasteiger partial charge in [-0.2, -0.15) is 5.06 Å². The average Bonchev–Trinajstić information content (AvgIpc) is 2.50. The SMILES string of the molecule is CCC1(CC)CC(=O)CC(C)(C)N1OC(C)c1ccccc1. The molecule has 1 saturated heterocycles. The molecule has 122 valence electrons. The molecular weight excluding hydrogens is 274 g/mol. The van der Waals surface area contributed by atoms with Crippen molar-refractivity contribution in [3.05, 3.63) is 35.9 Å². The number of benzene rings is 1. The van der Waals surface area contributed by atoms with Crippen LogP contribution in [0.25, 0.3) is 0 Å². The maximum atomic E-state index is 12.2. The molecule has 1 fully saturated rings. The van der Waals surface area contributed by atoms with Gasteiger partial charge >= 0.3 is 0 Å². The molecule has 1 atom stereocenters. The zero-order valence-electron chi connectivity index (χ0n) is 14.6. The van der Waals surface area contributed by atoms with Crippen molar-refractivity contribution in [1.82, 2.24) is 5.06 Å². The molecule has 0 aromatic heterocycles. The summed E-state index contributed by atoms with van der Waals surface area (Å²) in [5.41, 5.74) is 0.697. The van der Waals surface area contributed by atoms with E-state index in [0.29, 0.717) is 18.6 Å². The van der Waals surface area contributed by atoms with Crippen LogP contribution in [0.2, 0.25) is 0 Å². The summed E-state index contributed by atoms with van der Waals surface area (Å²) in [6, 6.07) is 10.3. The van der Waals surface area contributed by atoms with Crippen molar-refractivity contribution in [3.8, 4) is 0 Å². The Morgan fingerprint density at radius 1 is 1.14 bits per heavy atom. The highest BCUT2D eigenvalue weighted by Gasteiger charge is 2.50. The van der Waals surface area contributed by atoms with Crippen molar-refractivity contribution >= 4 is 5.78 Å². The summed E-state index contributed by atoms with van der Waals surface area (Å²) in [5, 5.41) is 2.14. The number of piperidine rings is 1. The minimum atomic E-state index is -0.273. The largest absolute Gasteiger partial charge is 0.300 e. The fraction of sp³-hybridized carbons (Fsp3) is 0.632. The van der Waals surface area contributed by atoms with Gasteiger partial charge in [0.25, 0.3) is 0 Å². The van der Waals surface area contributed by atoms with Gasteiger partial charge in [0.2, 0.25) is 0 Å². The highest BCUT2D eigenvalue weighted by molar-refractivity contribution is 5.81. The third kappa shape index (κ3) is 3.26. The van der Waals surface area contributed by atoms with E-state index in [1.807, 2.05) is 18.2 Å². The molecule has 2 rings (SSSR count). The Hall–Kier alpha value is -1.19. The van der Waals surface area contributed by atoms with Crippen LogP contribution in [0.4, 0.5) is 0 Å². The van der Waals surface area contributed by atoms with E-state index >= 15 is 0 Å². The zero-order valence-corrected chi connectivity index (χ0v) is 14.6. The third-order valence-corrected chi connectivity index (χ3v) is 4.99. The third-order valence-electron chi connectivity index (χ3n) is 4.99. The quantitative estimate of drug-likeness (QED) is 0.791. The van der Waals surface area contributed by atoms with Crippen molar-refractivity contribution in [3.63, 3.8) is 0 Å². The molecule has 0 N–H and O–H groups in total. The lowest BCUT2D eigenvalue weighted by Gasteiger charge is -2.54.